The van der Waals surface area contributed by atoms with E-state index in [1.54, 1.807) is 0 Å². The standard InChI is InChI=1S/C15H25N3/c1-3-17-9-6-13(7-10-17)14-11-18-8-4-5-12(2)15(18)16-14/h11-13H,3-10H2,1-2H3. The third-order valence-electron chi connectivity index (χ3n) is 4.76. The maximum Gasteiger partial charge on any atom is 0.111 e. The van der Waals surface area contributed by atoms with Crippen molar-refractivity contribution in [3.8, 4) is 0 Å². The molecule has 18 heavy (non-hydrogen) atoms. The maximum absolute atomic E-state index is 4.95. The zero-order chi connectivity index (χ0) is 12.5. The van der Waals surface area contributed by atoms with E-state index in [4.69, 9.17) is 4.98 Å². The third-order valence-corrected chi connectivity index (χ3v) is 4.76. The lowest BCUT2D eigenvalue weighted by molar-refractivity contribution is 0.221. The van der Waals surface area contributed by atoms with E-state index in [2.05, 4.69) is 29.5 Å². The average Bonchev–Trinajstić information content (AvgIpc) is 2.84. The molecule has 0 bridgehead atoms. The molecule has 1 aromatic rings. The Balaban J connectivity index is 1.74. The van der Waals surface area contributed by atoms with Crippen molar-refractivity contribution < 1.29 is 0 Å². The van der Waals surface area contributed by atoms with Gasteiger partial charge in [0.1, 0.15) is 5.82 Å². The fourth-order valence-corrected chi connectivity index (χ4v) is 3.46. The van der Waals surface area contributed by atoms with Gasteiger partial charge in [0, 0.05) is 24.6 Å². The predicted molar refractivity (Wildman–Crippen MR) is 74.0 cm³/mol. The van der Waals surface area contributed by atoms with Crippen molar-refractivity contribution in [1.29, 1.82) is 0 Å². The second kappa shape index (κ2) is 5.04. The highest BCUT2D eigenvalue weighted by molar-refractivity contribution is 5.14. The topological polar surface area (TPSA) is 21.1 Å². The summed E-state index contributed by atoms with van der Waals surface area (Å²) in [7, 11) is 0. The first-order valence-corrected chi connectivity index (χ1v) is 7.57. The van der Waals surface area contributed by atoms with Crippen LogP contribution in [0.4, 0.5) is 0 Å². The molecule has 1 fully saturated rings. The van der Waals surface area contributed by atoms with Gasteiger partial charge in [-0.1, -0.05) is 13.8 Å². The molecule has 100 valence electrons. The Hall–Kier alpha value is -0.830. The SMILES string of the molecule is CCN1CCC(c2cn3c(n2)C(C)CCC3)CC1. The number of aryl methyl sites for hydroxylation is 1. The van der Waals surface area contributed by atoms with E-state index in [-0.39, 0.29) is 0 Å². The van der Waals surface area contributed by atoms with Crippen molar-refractivity contribution in [2.45, 2.75) is 57.9 Å². The first kappa shape index (κ1) is 12.2. The van der Waals surface area contributed by atoms with Crippen LogP contribution in [0.3, 0.4) is 0 Å². The van der Waals surface area contributed by atoms with Gasteiger partial charge in [0.2, 0.25) is 0 Å². The summed E-state index contributed by atoms with van der Waals surface area (Å²) in [6, 6.07) is 0. The molecule has 1 atom stereocenters. The summed E-state index contributed by atoms with van der Waals surface area (Å²) < 4.78 is 2.41. The first-order chi connectivity index (χ1) is 8.78. The molecule has 2 aliphatic heterocycles. The lowest BCUT2D eigenvalue weighted by atomic mass is 9.94. The molecule has 0 amide bonds. The number of likely N-dealkylation sites (tertiary alicyclic amines) is 1. The van der Waals surface area contributed by atoms with Crippen LogP contribution in [0, 0.1) is 0 Å². The molecule has 0 spiro atoms. The van der Waals surface area contributed by atoms with Crippen LogP contribution in [0.2, 0.25) is 0 Å². The summed E-state index contributed by atoms with van der Waals surface area (Å²) in [6.07, 6.45) is 7.55. The zero-order valence-electron chi connectivity index (χ0n) is 11.7. The Labute approximate surface area is 110 Å². The molecule has 1 aromatic heterocycles. The fourth-order valence-electron chi connectivity index (χ4n) is 3.46. The van der Waals surface area contributed by atoms with E-state index >= 15 is 0 Å². The predicted octanol–water partition coefficient (Wildman–Crippen LogP) is 2.98. The van der Waals surface area contributed by atoms with Crippen LogP contribution in [0.25, 0.3) is 0 Å². The number of fused-ring (bicyclic) bond motifs is 1. The van der Waals surface area contributed by atoms with Crippen LogP contribution in [0.1, 0.15) is 62.9 Å². The van der Waals surface area contributed by atoms with E-state index in [1.807, 2.05) is 0 Å². The normalized spacial score (nSPS) is 26.2. The van der Waals surface area contributed by atoms with Crippen LogP contribution >= 0.6 is 0 Å². The van der Waals surface area contributed by atoms with Crippen molar-refractivity contribution in [1.82, 2.24) is 14.5 Å². The zero-order valence-corrected chi connectivity index (χ0v) is 11.7. The van der Waals surface area contributed by atoms with Gasteiger partial charge < -0.3 is 9.47 Å². The molecule has 1 saturated heterocycles. The number of rotatable bonds is 2. The van der Waals surface area contributed by atoms with E-state index in [0.717, 1.165) is 0 Å². The second-order valence-corrected chi connectivity index (χ2v) is 5.97. The van der Waals surface area contributed by atoms with Gasteiger partial charge in [-0.15, -0.1) is 0 Å². The highest BCUT2D eigenvalue weighted by Gasteiger charge is 2.25. The van der Waals surface area contributed by atoms with Gasteiger partial charge in [0.15, 0.2) is 0 Å². The molecule has 0 N–H and O–H groups in total. The van der Waals surface area contributed by atoms with Crippen LogP contribution < -0.4 is 0 Å². The molecule has 0 aromatic carbocycles. The molecule has 3 rings (SSSR count). The van der Waals surface area contributed by atoms with E-state index in [0.29, 0.717) is 11.8 Å². The minimum atomic E-state index is 0.656. The minimum Gasteiger partial charge on any atom is -0.334 e. The molecule has 3 nitrogen and oxygen atoms in total. The molecular weight excluding hydrogens is 222 g/mol. The van der Waals surface area contributed by atoms with Gasteiger partial charge in [0.25, 0.3) is 0 Å². The molecule has 3 heteroatoms. The second-order valence-electron chi connectivity index (χ2n) is 5.97. The molecular formula is C15H25N3. The third kappa shape index (κ3) is 2.20. The Morgan fingerprint density at radius 1 is 1.22 bits per heavy atom. The van der Waals surface area contributed by atoms with E-state index in [1.165, 1.54) is 63.4 Å². The number of piperidine rings is 1. The molecule has 1 unspecified atom stereocenters. The molecule has 0 saturated carbocycles. The van der Waals surface area contributed by atoms with Crippen molar-refractivity contribution in [3.63, 3.8) is 0 Å². The number of hydrogen-bond donors (Lipinski definition) is 0. The van der Waals surface area contributed by atoms with E-state index in [9.17, 15) is 0 Å². The summed E-state index contributed by atoms with van der Waals surface area (Å²) in [5, 5.41) is 0. The smallest absolute Gasteiger partial charge is 0.111 e. The van der Waals surface area contributed by atoms with Crippen molar-refractivity contribution in [2.24, 2.45) is 0 Å². The van der Waals surface area contributed by atoms with Crippen molar-refractivity contribution >= 4 is 0 Å². The van der Waals surface area contributed by atoms with Gasteiger partial charge in [-0.25, -0.2) is 4.98 Å². The monoisotopic (exact) mass is 247 g/mol. The number of hydrogen-bond acceptors (Lipinski definition) is 2. The number of aromatic nitrogens is 2. The largest absolute Gasteiger partial charge is 0.334 e. The van der Waals surface area contributed by atoms with Crippen LogP contribution in [-0.2, 0) is 6.54 Å². The Morgan fingerprint density at radius 2 is 2.00 bits per heavy atom. The van der Waals surface area contributed by atoms with Gasteiger partial charge >= 0.3 is 0 Å². The number of imidazole rings is 1. The maximum atomic E-state index is 4.95. The lowest BCUT2D eigenvalue weighted by Crippen LogP contribution is -2.32. The van der Waals surface area contributed by atoms with Crippen LogP contribution in [0.15, 0.2) is 6.20 Å². The molecule has 3 heterocycles. The summed E-state index contributed by atoms with van der Waals surface area (Å²) in [4.78, 5) is 7.50. The molecule has 2 aliphatic rings. The highest BCUT2D eigenvalue weighted by atomic mass is 15.1. The van der Waals surface area contributed by atoms with Gasteiger partial charge in [-0.3, -0.25) is 0 Å². The van der Waals surface area contributed by atoms with Crippen molar-refractivity contribution in [2.75, 3.05) is 19.6 Å². The Bertz CT molecular complexity index is 402. The quantitative estimate of drug-likeness (QED) is 0.801. The van der Waals surface area contributed by atoms with Gasteiger partial charge in [0.05, 0.1) is 5.69 Å². The fraction of sp³-hybridized carbons (Fsp3) is 0.800. The van der Waals surface area contributed by atoms with E-state index < -0.39 is 0 Å². The molecule has 0 aliphatic carbocycles. The Kier molecular flexibility index (Phi) is 3.42. The summed E-state index contributed by atoms with van der Waals surface area (Å²) in [6.45, 7) is 9.46. The minimum absolute atomic E-state index is 0.656. The highest BCUT2D eigenvalue weighted by Crippen LogP contribution is 2.31. The summed E-state index contributed by atoms with van der Waals surface area (Å²) >= 11 is 0. The molecule has 0 radical (unpaired) electrons. The Morgan fingerprint density at radius 3 is 2.67 bits per heavy atom. The lowest BCUT2D eigenvalue weighted by Gasteiger charge is -2.30. The summed E-state index contributed by atoms with van der Waals surface area (Å²) in [5.74, 6) is 2.70. The van der Waals surface area contributed by atoms with Crippen LogP contribution in [-0.4, -0.2) is 34.1 Å². The average molecular weight is 247 g/mol. The van der Waals surface area contributed by atoms with Gasteiger partial charge in [-0.2, -0.15) is 0 Å². The van der Waals surface area contributed by atoms with Crippen LogP contribution in [0.5, 0.6) is 0 Å². The van der Waals surface area contributed by atoms with Gasteiger partial charge in [-0.05, 0) is 45.3 Å². The number of nitrogens with zero attached hydrogens (tertiary/aromatic N) is 3. The first-order valence-electron chi connectivity index (χ1n) is 7.57. The summed E-state index contributed by atoms with van der Waals surface area (Å²) in [5.41, 5.74) is 1.37. The van der Waals surface area contributed by atoms with Crippen molar-refractivity contribution in [3.05, 3.63) is 17.7 Å².